The first-order valence-corrected chi connectivity index (χ1v) is 7.12. The lowest BCUT2D eigenvalue weighted by atomic mass is 10.0. The van der Waals surface area contributed by atoms with E-state index in [1.54, 1.807) is 0 Å². The van der Waals surface area contributed by atoms with Crippen LogP contribution in [-0.2, 0) is 14.0 Å². The van der Waals surface area contributed by atoms with Gasteiger partial charge in [-0.2, -0.15) is 12.7 Å². The highest BCUT2D eigenvalue weighted by molar-refractivity contribution is 8.11. The molecule has 6 heteroatoms. The van der Waals surface area contributed by atoms with E-state index in [9.17, 15) is 8.42 Å². The molecule has 0 radical (unpaired) electrons. The predicted molar refractivity (Wildman–Crippen MR) is 53.5 cm³/mol. The van der Waals surface area contributed by atoms with E-state index in [2.05, 4.69) is 0 Å². The van der Waals surface area contributed by atoms with Crippen molar-refractivity contribution in [3.05, 3.63) is 0 Å². The van der Waals surface area contributed by atoms with Gasteiger partial charge in [0.05, 0.1) is 12.2 Å². The third kappa shape index (κ3) is 2.05. The van der Waals surface area contributed by atoms with Crippen LogP contribution >= 0.6 is 10.7 Å². The molecule has 1 aliphatic heterocycles. The predicted octanol–water partition coefficient (Wildman–Crippen LogP) is 1.11. The van der Waals surface area contributed by atoms with Crippen LogP contribution in [0, 0.1) is 0 Å². The van der Waals surface area contributed by atoms with Gasteiger partial charge in [0.1, 0.15) is 0 Å². The molecule has 0 amide bonds. The quantitative estimate of drug-likeness (QED) is 0.644. The Morgan fingerprint density at radius 1 is 1.29 bits per heavy atom. The van der Waals surface area contributed by atoms with Crippen molar-refractivity contribution in [2.24, 2.45) is 0 Å². The maximum absolute atomic E-state index is 11.2. The summed E-state index contributed by atoms with van der Waals surface area (Å²) in [5, 5.41) is 0. The van der Waals surface area contributed by atoms with E-state index < -0.39 is 9.24 Å². The summed E-state index contributed by atoms with van der Waals surface area (Å²) in [6, 6.07) is 0. The minimum atomic E-state index is -3.56. The molecule has 1 saturated carbocycles. The van der Waals surface area contributed by atoms with Crippen molar-refractivity contribution >= 4 is 19.9 Å². The Bertz CT molecular complexity index is 311. The van der Waals surface area contributed by atoms with Crippen molar-refractivity contribution in [1.29, 1.82) is 0 Å². The van der Waals surface area contributed by atoms with Gasteiger partial charge in [-0.3, -0.25) is 0 Å². The molecule has 0 aromatic heterocycles. The monoisotopic (exact) mass is 239 g/mol. The molecule has 4 nitrogen and oxygen atoms in total. The van der Waals surface area contributed by atoms with Crippen LogP contribution in [0.25, 0.3) is 0 Å². The van der Waals surface area contributed by atoms with Gasteiger partial charge in [0.2, 0.25) is 0 Å². The Morgan fingerprint density at radius 2 is 1.93 bits per heavy atom. The van der Waals surface area contributed by atoms with Crippen LogP contribution < -0.4 is 0 Å². The maximum Gasteiger partial charge on any atom is 0.299 e. The second kappa shape index (κ2) is 3.63. The molecule has 0 aromatic carbocycles. The number of halogens is 1. The summed E-state index contributed by atoms with van der Waals surface area (Å²) in [6.07, 6.45) is 4.15. The lowest BCUT2D eigenvalue weighted by Crippen LogP contribution is -2.51. The van der Waals surface area contributed by atoms with Crippen molar-refractivity contribution in [3.63, 3.8) is 0 Å². The van der Waals surface area contributed by atoms with Gasteiger partial charge in [-0.15, -0.1) is 0 Å². The molecule has 2 fully saturated rings. The van der Waals surface area contributed by atoms with Crippen molar-refractivity contribution in [3.8, 4) is 0 Å². The minimum Gasteiger partial charge on any atom is -0.372 e. The van der Waals surface area contributed by atoms with Crippen LogP contribution in [0.15, 0.2) is 0 Å². The Kier molecular flexibility index (Phi) is 2.76. The van der Waals surface area contributed by atoms with Gasteiger partial charge in [-0.05, 0) is 12.8 Å². The smallest absolute Gasteiger partial charge is 0.299 e. The van der Waals surface area contributed by atoms with E-state index in [4.69, 9.17) is 15.4 Å². The summed E-state index contributed by atoms with van der Waals surface area (Å²) in [7, 11) is 1.75. The lowest BCUT2D eigenvalue weighted by molar-refractivity contribution is -0.0837. The highest BCUT2D eigenvalue weighted by Gasteiger charge is 2.42. The number of hydrogen-bond acceptors (Lipinski definition) is 3. The maximum atomic E-state index is 11.2. The van der Waals surface area contributed by atoms with Gasteiger partial charge in [-0.1, -0.05) is 12.8 Å². The SMILES string of the molecule is O=S(=O)(Cl)N1CCOC2(CCCC2)C1. The molecule has 0 atom stereocenters. The van der Waals surface area contributed by atoms with Gasteiger partial charge in [-0.25, -0.2) is 0 Å². The van der Waals surface area contributed by atoms with Crippen molar-refractivity contribution in [1.82, 2.24) is 4.31 Å². The largest absolute Gasteiger partial charge is 0.372 e. The van der Waals surface area contributed by atoms with Crippen LogP contribution in [0.5, 0.6) is 0 Å². The molecule has 1 saturated heterocycles. The van der Waals surface area contributed by atoms with E-state index >= 15 is 0 Å². The fraction of sp³-hybridized carbons (Fsp3) is 1.00. The third-order valence-electron chi connectivity index (χ3n) is 3.04. The molecule has 0 N–H and O–H groups in total. The lowest BCUT2D eigenvalue weighted by Gasteiger charge is -2.38. The van der Waals surface area contributed by atoms with Crippen molar-refractivity contribution < 1.29 is 13.2 Å². The molecule has 2 rings (SSSR count). The summed E-state index contributed by atoms with van der Waals surface area (Å²) in [6.45, 7) is 1.28. The summed E-state index contributed by atoms with van der Waals surface area (Å²) in [4.78, 5) is 0. The molecule has 82 valence electrons. The molecule has 2 aliphatic rings. The van der Waals surface area contributed by atoms with E-state index in [1.165, 1.54) is 4.31 Å². The number of morpholine rings is 1. The average Bonchev–Trinajstić information content (AvgIpc) is 2.52. The molecular formula is C8H14ClNO3S. The van der Waals surface area contributed by atoms with Crippen molar-refractivity contribution in [2.45, 2.75) is 31.3 Å². The van der Waals surface area contributed by atoms with Gasteiger partial charge in [0.15, 0.2) is 0 Å². The summed E-state index contributed by atoms with van der Waals surface area (Å²) in [5.41, 5.74) is -0.236. The normalized spacial score (nSPS) is 28.4. The second-order valence-corrected chi connectivity index (χ2v) is 6.52. The number of hydrogen-bond donors (Lipinski definition) is 0. The average molecular weight is 240 g/mol. The Hall–Kier alpha value is 0.160. The van der Waals surface area contributed by atoms with Crippen LogP contribution in [0.4, 0.5) is 0 Å². The third-order valence-corrected chi connectivity index (χ3v) is 4.55. The Balaban J connectivity index is 2.11. The first-order valence-electron chi connectivity index (χ1n) is 4.86. The molecule has 0 unspecified atom stereocenters. The van der Waals surface area contributed by atoms with Crippen LogP contribution in [0.2, 0.25) is 0 Å². The van der Waals surface area contributed by atoms with Gasteiger partial charge in [0, 0.05) is 23.8 Å². The summed E-state index contributed by atoms with van der Waals surface area (Å²) >= 11 is 0. The fourth-order valence-corrected chi connectivity index (χ4v) is 3.35. The molecule has 1 spiro atoms. The standard InChI is InChI=1S/C8H14ClNO3S/c9-14(11,12)10-5-6-13-8(7-10)3-1-2-4-8/h1-7H2. The molecule has 0 bridgehead atoms. The van der Waals surface area contributed by atoms with E-state index in [1.807, 2.05) is 0 Å². The zero-order valence-electron chi connectivity index (χ0n) is 7.91. The summed E-state index contributed by atoms with van der Waals surface area (Å²) < 4.78 is 29.3. The second-order valence-electron chi connectivity index (χ2n) is 4.01. The van der Waals surface area contributed by atoms with Gasteiger partial charge >= 0.3 is 0 Å². The van der Waals surface area contributed by atoms with E-state index in [0.717, 1.165) is 25.7 Å². The topological polar surface area (TPSA) is 46.6 Å². The molecule has 1 heterocycles. The van der Waals surface area contributed by atoms with Crippen LogP contribution in [0.3, 0.4) is 0 Å². The molecule has 14 heavy (non-hydrogen) atoms. The Labute approximate surface area is 88.7 Å². The number of nitrogens with zero attached hydrogens (tertiary/aromatic N) is 1. The zero-order chi connectivity index (χ0) is 10.2. The fourth-order valence-electron chi connectivity index (χ4n) is 2.32. The van der Waals surface area contributed by atoms with Crippen molar-refractivity contribution in [2.75, 3.05) is 19.7 Å². The van der Waals surface area contributed by atoms with Gasteiger partial charge < -0.3 is 4.74 Å². The first kappa shape index (κ1) is 10.7. The van der Waals surface area contributed by atoms with Crippen LogP contribution in [-0.4, -0.2) is 38.0 Å². The number of rotatable bonds is 1. The summed E-state index contributed by atoms with van der Waals surface area (Å²) in [5.74, 6) is 0. The van der Waals surface area contributed by atoms with Gasteiger partial charge in [0.25, 0.3) is 9.24 Å². The highest BCUT2D eigenvalue weighted by Crippen LogP contribution is 2.36. The molecule has 1 aliphatic carbocycles. The van der Waals surface area contributed by atoms with E-state index in [0.29, 0.717) is 19.7 Å². The highest BCUT2D eigenvalue weighted by atomic mass is 35.7. The Morgan fingerprint density at radius 3 is 2.50 bits per heavy atom. The number of ether oxygens (including phenoxy) is 1. The zero-order valence-corrected chi connectivity index (χ0v) is 9.48. The van der Waals surface area contributed by atoms with E-state index in [-0.39, 0.29) is 5.60 Å². The first-order chi connectivity index (χ1) is 6.52. The molecular weight excluding hydrogens is 226 g/mol. The minimum absolute atomic E-state index is 0.236. The van der Waals surface area contributed by atoms with Crippen LogP contribution in [0.1, 0.15) is 25.7 Å². The molecule has 0 aromatic rings.